The SMILES string of the molecule is COc1ccc(-n2c(SC(C)C(=O)Nc3ccc(C)c(F)c3)nc3ccccc3c2=O)cc1OC. The zero-order valence-corrected chi connectivity index (χ0v) is 20.5. The first-order valence-corrected chi connectivity index (χ1v) is 11.7. The van der Waals surface area contributed by atoms with Crippen LogP contribution in [-0.4, -0.2) is 34.9 Å². The first kappa shape index (κ1) is 24.3. The molecule has 3 aromatic carbocycles. The van der Waals surface area contributed by atoms with E-state index in [1.807, 2.05) is 0 Å². The van der Waals surface area contributed by atoms with Gasteiger partial charge in [0.25, 0.3) is 5.56 Å². The Morgan fingerprint density at radius 1 is 1.06 bits per heavy atom. The summed E-state index contributed by atoms with van der Waals surface area (Å²) in [6, 6.07) is 16.6. The maximum atomic E-state index is 13.9. The van der Waals surface area contributed by atoms with Crippen LogP contribution in [0.25, 0.3) is 16.6 Å². The predicted octanol–water partition coefficient (Wildman–Crippen LogP) is 4.97. The Morgan fingerprint density at radius 2 is 1.80 bits per heavy atom. The Hall–Kier alpha value is -3.85. The zero-order chi connectivity index (χ0) is 25.1. The number of rotatable bonds is 7. The Balaban J connectivity index is 1.74. The van der Waals surface area contributed by atoms with Crippen LogP contribution in [0.15, 0.2) is 70.6 Å². The van der Waals surface area contributed by atoms with E-state index in [9.17, 15) is 14.0 Å². The molecule has 0 aliphatic heterocycles. The minimum Gasteiger partial charge on any atom is -0.493 e. The first-order chi connectivity index (χ1) is 16.8. The van der Waals surface area contributed by atoms with Gasteiger partial charge in [-0.15, -0.1) is 0 Å². The van der Waals surface area contributed by atoms with Crippen LogP contribution >= 0.6 is 11.8 Å². The molecule has 1 unspecified atom stereocenters. The fourth-order valence-electron chi connectivity index (χ4n) is 3.51. The van der Waals surface area contributed by atoms with Crippen molar-refractivity contribution in [1.82, 2.24) is 9.55 Å². The number of thioether (sulfide) groups is 1. The second kappa shape index (κ2) is 10.2. The van der Waals surface area contributed by atoms with Crippen LogP contribution in [-0.2, 0) is 4.79 Å². The highest BCUT2D eigenvalue weighted by molar-refractivity contribution is 8.00. The van der Waals surface area contributed by atoms with Crippen LogP contribution in [0.2, 0.25) is 0 Å². The number of benzene rings is 3. The fourth-order valence-corrected chi connectivity index (χ4v) is 4.44. The quantitative estimate of drug-likeness (QED) is 0.289. The van der Waals surface area contributed by atoms with E-state index < -0.39 is 11.1 Å². The minimum absolute atomic E-state index is 0.279. The van der Waals surface area contributed by atoms with E-state index in [0.29, 0.717) is 44.5 Å². The van der Waals surface area contributed by atoms with Gasteiger partial charge in [-0.05, 0) is 55.8 Å². The number of carbonyl (C=O) groups excluding carboxylic acids is 1. The molecule has 0 bridgehead atoms. The third-order valence-corrected chi connectivity index (χ3v) is 6.51. The van der Waals surface area contributed by atoms with Crippen molar-refractivity contribution in [2.45, 2.75) is 24.3 Å². The Bertz CT molecular complexity index is 1470. The number of ether oxygens (including phenoxy) is 2. The molecule has 0 radical (unpaired) electrons. The van der Waals surface area contributed by atoms with Crippen molar-refractivity contribution < 1.29 is 18.7 Å². The van der Waals surface area contributed by atoms with E-state index >= 15 is 0 Å². The normalized spacial score (nSPS) is 11.8. The van der Waals surface area contributed by atoms with Gasteiger partial charge in [-0.3, -0.25) is 14.2 Å². The maximum absolute atomic E-state index is 13.9. The molecule has 0 aliphatic carbocycles. The van der Waals surface area contributed by atoms with Crippen LogP contribution in [0.5, 0.6) is 11.5 Å². The van der Waals surface area contributed by atoms with Crippen LogP contribution in [0.3, 0.4) is 0 Å². The van der Waals surface area contributed by atoms with Crippen molar-refractivity contribution in [2.75, 3.05) is 19.5 Å². The van der Waals surface area contributed by atoms with Crippen molar-refractivity contribution >= 4 is 34.3 Å². The molecule has 9 heteroatoms. The second-order valence-corrected chi connectivity index (χ2v) is 9.11. The van der Waals surface area contributed by atoms with E-state index in [1.54, 1.807) is 68.4 Å². The fraction of sp³-hybridized carbons (Fsp3) is 0.192. The lowest BCUT2D eigenvalue weighted by atomic mass is 10.2. The molecule has 0 saturated carbocycles. The number of nitrogens with one attached hydrogen (secondary N) is 1. The third-order valence-electron chi connectivity index (χ3n) is 5.46. The van der Waals surface area contributed by atoms with Gasteiger partial charge in [0.05, 0.1) is 36.1 Å². The number of nitrogens with zero attached hydrogens (tertiary/aromatic N) is 2. The van der Waals surface area contributed by atoms with Gasteiger partial charge in [-0.1, -0.05) is 30.0 Å². The summed E-state index contributed by atoms with van der Waals surface area (Å²) in [5.41, 5.74) is 1.60. The van der Waals surface area contributed by atoms with Crippen molar-refractivity contribution in [3.8, 4) is 17.2 Å². The number of para-hydroxylation sites is 1. The molecule has 180 valence electrons. The number of carbonyl (C=O) groups is 1. The van der Waals surface area contributed by atoms with Gasteiger partial charge in [-0.2, -0.15) is 0 Å². The average Bonchev–Trinajstić information content (AvgIpc) is 2.86. The second-order valence-electron chi connectivity index (χ2n) is 7.80. The topological polar surface area (TPSA) is 82.5 Å². The molecular weight excluding hydrogens is 469 g/mol. The van der Waals surface area contributed by atoms with Gasteiger partial charge in [-0.25, -0.2) is 9.37 Å². The summed E-state index contributed by atoms with van der Waals surface area (Å²) in [4.78, 5) is 31.1. The summed E-state index contributed by atoms with van der Waals surface area (Å²) in [6.45, 7) is 3.35. The number of aryl methyl sites for hydroxylation is 1. The number of fused-ring (bicyclic) bond motifs is 1. The molecule has 1 amide bonds. The molecule has 1 atom stereocenters. The molecular formula is C26H24FN3O4S. The number of halogens is 1. The molecule has 4 rings (SSSR count). The maximum Gasteiger partial charge on any atom is 0.266 e. The molecule has 0 fully saturated rings. The molecule has 1 N–H and O–H groups in total. The molecule has 35 heavy (non-hydrogen) atoms. The van der Waals surface area contributed by atoms with Crippen LogP contribution in [0, 0.1) is 12.7 Å². The van der Waals surface area contributed by atoms with Crippen LogP contribution in [0.4, 0.5) is 10.1 Å². The van der Waals surface area contributed by atoms with Gasteiger partial charge >= 0.3 is 0 Å². The van der Waals surface area contributed by atoms with E-state index in [1.165, 1.54) is 24.9 Å². The van der Waals surface area contributed by atoms with E-state index in [4.69, 9.17) is 9.47 Å². The number of hydrogen-bond donors (Lipinski definition) is 1. The lowest BCUT2D eigenvalue weighted by molar-refractivity contribution is -0.115. The molecule has 1 aromatic heterocycles. The molecule has 1 heterocycles. The Morgan fingerprint density at radius 3 is 2.51 bits per heavy atom. The van der Waals surface area contributed by atoms with Gasteiger partial charge in [0.2, 0.25) is 5.91 Å². The zero-order valence-electron chi connectivity index (χ0n) is 19.7. The lowest BCUT2D eigenvalue weighted by Gasteiger charge is -2.17. The number of aromatic nitrogens is 2. The van der Waals surface area contributed by atoms with Crippen LogP contribution < -0.4 is 20.3 Å². The van der Waals surface area contributed by atoms with Gasteiger partial charge < -0.3 is 14.8 Å². The average molecular weight is 494 g/mol. The summed E-state index contributed by atoms with van der Waals surface area (Å²) in [7, 11) is 3.04. The molecule has 0 spiro atoms. The highest BCUT2D eigenvalue weighted by Gasteiger charge is 2.21. The minimum atomic E-state index is -0.640. The van der Waals surface area contributed by atoms with Crippen molar-refractivity contribution in [3.05, 3.63) is 82.4 Å². The highest BCUT2D eigenvalue weighted by atomic mass is 32.2. The lowest BCUT2D eigenvalue weighted by Crippen LogP contribution is -2.26. The summed E-state index contributed by atoms with van der Waals surface area (Å²) >= 11 is 1.13. The van der Waals surface area contributed by atoms with E-state index in [2.05, 4.69) is 10.3 Å². The molecule has 4 aromatic rings. The largest absolute Gasteiger partial charge is 0.493 e. The first-order valence-electron chi connectivity index (χ1n) is 10.8. The Labute approximate surface area is 205 Å². The van der Waals surface area contributed by atoms with Gasteiger partial charge in [0.1, 0.15) is 5.82 Å². The third kappa shape index (κ3) is 5.00. The summed E-state index contributed by atoms with van der Waals surface area (Å²) in [5, 5.41) is 2.86. The summed E-state index contributed by atoms with van der Waals surface area (Å²) in [6.07, 6.45) is 0. The number of amides is 1. The van der Waals surface area contributed by atoms with E-state index in [0.717, 1.165) is 11.8 Å². The predicted molar refractivity (Wildman–Crippen MR) is 136 cm³/mol. The van der Waals surface area contributed by atoms with Crippen molar-refractivity contribution in [1.29, 1.82) is 0 Å². The summed E-state index contributed by atoms with van der Waals surface area (Å²) in [5.74, 6) is 0.222. The smallest absolute Gasteiger partial charge is 0.266 e. The Kier molecular flexibility index (Phi) is 7.07. The van der Waals surface area contributed by atoms with Crippen molar-refractivity contribution in [3.63, 3.8) is 0 Å². The van der Waals surface area contributed by atoms with Crippen LogP contribution in [0.1, 0.15) is 12.5 Å². The number of methoxy groups -OCH3 is 2. The highest BCUT2D eigenvalue weighted by Crippen LogP contribution is 2.31. The monoisotopic (exact) mass is 493 g/mol. The molecule has 0 aliphatic rings. The molecule has 0 saturated heterocycles. The summed E-state index contributed by atoms with van der Waals surface area (Å²) < 4.78 is 26.1. The van der Waals surface area contributed by atoms with Gasteiger partial charge in [0.15, 0.2) is 16.7 Å². The number of hydrogen-bond acceptors (Lipinski definition) is 6. The number of anilines is 1. The molecule has 7 nitrogen and oxygen atoms in total. The van der Waals surface area contributed by atoms with E-state index in [-0.39, 0.29) is 11.5 Å². The van der Waals surface area contributed by atoms with Crippen molar-refractivity contribution in [2.24, 2.45) is 0 Å². The van der Waals surface area contributed by atoms with Gasteiger partial charge in [0, 0.05) is 11.8 Å². The standard InChI is InChI=1S/C26H24FN3O4S/c1-15-9-10-17(13-20(15)27)28-24(31)16(2)35-26-29-21-8-6-5-7-19(21)25(32)30(26)18-11-12-22(33-3)23(14-18)34-4/h5-14,16H,1-4H3,(H,28,31).